The largest absolute Gasteiger partial charge is 0.480 e. The minimum Gasteiger partial charge on any atom is -0.480 e. The molecule has 1 aromatic heterocycles. The van der Waals surface area contributed by atoms with Crippen molar-refractivity contribution in [2.75, 3.05) is 11.6 Å². The van der Waals surface area contributed by atoms with E-state index in [2.05, 4.69) is 15.1 Å². The number of hydrazone groups is 1. The summed E-state index contributed by atoms with van der Waals surface area (Å²) < 4.78 is 0. The number of piperidine rings is 1. The van der Waals surface area contributed by atoms with Gasteiger partial charge in [0.05, 0.1) is 11.7 Å². The number of rotatable bonds is 4. The molecule has 2 N–H and O–H groups in total. The van der Waals surface area contributed by atoms with Crippen molar-refractivity contribution in [2.24, 2.45) is 5.10 Å². The Morgan fingerprint density at radius 3 is 2.70 bits per heavy atom. The lowest BCUT2D eigenvalue weighted by Gasteiger charge is -2.34. The van der Waals surface area contributed by atoms with Crippen LogP contribution in [-0.2, 0) is 9.59 Å². The van der Waals surface area contributed by atoms with Crippen molar-refractivity contribution >= 4 is 23.3 Å². The van der Waals surface area contributed by atoms with Crippen LogP contribution < -0.4 is 5.01 Å². The van der Waals surface area contributed by atoms with Gasteiger partial charge >= 0.3 is 5.97 Å². The van der Waals surface area contributed by atoms with Crippen LogP contribution in [0.3, 0.4) is 0 Å². The molecule has 3 heterocycles. The van der Waals surface area contributed by atoms with Gasteiger partial charge < -0.3 is 15.0 Å². The highest BCUT2D eigenvalue weighted by molar-refractivity contribution is 6.40. The lowest BCUT2D eigenvalue weighted by Crippen LogP contribution is -2.42. The topological polar surface area (TPSA) is 102 Å². The van der Waals surface area contributed by atoms with Gasteiger partial charge in [-0.25, -0.2) is 9.78 Å². The molecule has 140 valence electrons. The lowest BCUT2D eigenvalue weighted by molar-refractivity contribution is -0.138. The van der Waals surface area contributed by atoms with Gasteiger partial charge in [-0.2, -0.15) is 5.10 Å². The quantitative estimate of drug-likeness (QED) is 0.862. The average molecular weight is 367 g/mol. The number of anilines is 1. The number of nitrogens with one attached hydrogen (secondary N) is 1. The highest BCUT2D eigenvalue weighted by Crippen LogP contribution is 2.31. The predicted molar refractivity (Wildman–Crippen MR) is 99.3 cm³/mol. The number of aliphatic carboxylic acids is 1. The summed E-state index contributed by atoms with van der Waals surface area (Å²) in [6, 6.07) is 8.07. The molecule has 2 aliphatic rings. The highest BCUT2D eigenvalue weighted by Gasteiger charge is 2.40. The number of carbonyl (C=O) groups excluding carboxylic acids is 1. The third-order valence-electron chi connectivity index (χ3n) is 5.06. The maximum Gasteiger partial charge on any atom is 0.328 e. The smallest absolute Gasteiger partial charge is 0.328 e. The number of benzene rings is 1. The molecule has 1 saturated heterocycles. The monoisotopic (exact) mass is 367 g/mol. The van der Waals surface area contributed by atoms with E-state index >= 15 is 0 Å². The number of hydrogen-bond acceptors (Lipinski definition) is 5. The van der Waals surface area contributed by atoms with Gasteiger partial charge in [-0.1, -0.05) is 18.2 Å². The Balaban J connectivity index is 1.61. The third kappa shape index (κ3) is 3.30. The van der Waals surface area contributed by atoms with Gasteiger partial charge in [0.1, 0.15) is 11.5 Å². The maximum absolute atomic E-state index is 13.2. The van der Waals surface area contributed by atoms with Gasteiger partial charge in [0.2, 0.25) is 0 Å². The fourth-order valence-corrected chi connectivity index (χ4v) is 3.73. The standard InChI is InChI=1S/C19H21N5O3/c25-18(23-11-5-4-8-15(23)17-20-9-10-21-17)14-12-16(19(26)27)24(22-14)13-6-2-1-3-7-13/h1-3,6-7,9-10,15-16H,4-5,8,11-12H2,(H,20,21)(H,26,27). The number of carbonyl (C=O) groups is 2. The summed E-state index contributed by atoms with van der Waals surface area (Å²) in [5, 5.41) is 15.4. The van der Waals surface area contributed by atoms with Gasteiger partial charge in [-0.05, 0) is 31.4 Å². The number of nitrogens with zero attached hydrogens (tertiary/aromatic N) is 4. The lowest BCUT2D eigenvalue weighted by atomic mass is 10.00. The van der Waals surface area contributed by atoms with Crippen LogP contribution in [0.4, 0.5) is 5.69 Å². The molecule has 1 amide bonds. The molecule has 2 unspecified atom stereocenters. The number of aromatic nitrogens is 2. The van der Waals surface area contributed by atoms with E-state index in [0.29, 0.717) is 12.2 Å². The van der Waals surface area contributed by atoms with E-state index in [0.717, 1.165) is 25.1 Å². The first-order valence-electron chi connectivity index (χ1n) is 9.10. The molecule has 0 spiro atoms. The molecule has 0 aliphatic carbocycles. The minimum atomic E-state index is -0.994. The number of amides is 1. The molecule has 2 atom stereocenters. The first-order chi connectivity index (χ1) is 13.1. The summed E-state index contributed by atoms with van der Waals surface area (Å²) in [5.41, 5.74) is 0.943. The molecule has 8 heteroatoms. The van der Waals surface area contributed by atoms with Crippen molar-refractivity contribution in [1.29, 1.82) is 0 Å². The van der Waals surface area contributed by atoms with Crippen LogP contribution in [0.25, 0.3) is 0 Å². The number of carboxylic acids is 1. The van der Waals surface area contributed by atoms with Gasteiger partial charge in [0.25, 0.3) is 5.91 Å². The second kappa shape index (κ2) is 7.22. The summed E-state index contributed by atoms with van der Waals surface area (Å²) in [7, 11) is 0. The summed E-state index contributed by atoms with van der Waals surface area (Å²) >= 11 is 0. The highest BCUT2D eigenvalue weighted by atomic mass is 16.4. The Hall–Kier alpha value is -3.16. The Bertz CT molecular complexity index is 849. The fraction of sp³-hybridized carbons (Fsp3) is 0.368. The fourth-order valence-electron chi connectivity index (χ4n) is 3.73. The maximum atomic E-state index is 13.2. The van der Waals surface area contributed by atoms with Crippen LogP contribution in [-0.4, -0.2) is 50.1 Å². The van der Waals surface area contributed by atoms with E-state index in [1.807, 2.05) is 18.2 Å². The molecule has 27 heavy (non-hydrogen) atoms. The second-order valence-electron chi connectivity index (χ2n) is 6.77. The van der Waals surface area contributed by atoms with Crippen LogP contribution in [0, 0.1) is 0 Å². The summed E-state index contributed by atoms with van der Waals surface area (Å²) in [6.45, 7) is 0.617. The van der Waals surface area contributed by atoms with Crippen molar-refractivity contribution in [1.82, 2.24) is 14.9 Å². The van der Waals surface area contributed by atoms with Gasteiger partial charge in [-0.3, -0.25) is 9.80 Å². The zero-order chi connectivity index (χ0) is 18.8. The number of hydrogen-bond donors (Lipinski definition) is 2. The second-order valence-corrected chi connectivity index (χ2v) is 6.77. The SMILES string of the molecule is O=C(O)C1CC(C(=O)N2CCCCC2c2ncc[nH]2)=NN1c1ccccc1. The first kappa shape index (κ1) is 17.3. The zero-order valence-corrected chi connectivity index (χ0v) is 14.8. The van der Waals surface area contributed by atoms with Crippen molar-refractivity contribution in [3.05, 3.63) is 48.5 Å². The van der Waals surface area contributed by atoms with E-state index in [4.69, 9.17) is 0 Å². The summed E-state index contributed by atoms with van der Waals surface area (Å²) in [4.78, 5) is 34.1. The molecule has 0 radical (unpaired) electrons. The number of imidazole rings is 1. The molecule has 0 saturated carbocycles. The van der Waals surface area contributed by atoms with E-state index in [-0.39, 0.29) is 24.1 Å². The molecular formula is C19H21N5O3. The van der Waals surface area contributed by atoms with Crippen LogP contribution >= 0.6 is 0 Å². The molecule has 2 aliphatic heterocycles. The van der Waals surface area contributed by atoms with Gasteiger partial charge in [0, 0.05) is 25.4 Å². The van der Waals surface area contributed by atoms with Crippen LogP contribution in [0.15, 0.2) is 47.8 Å². The number of para-hydroxylation sites is 1. The summed E-state index contributed by atoms with van der Waals surface area (Å²) in [6.07, 6.45) is 6.28. The third-order valence-corrected chi connectivity index (χ3v) is 5.06. The molecule has 1 fully saturated rings. The van der Waals surface area contributed by atoms with Crippen molar-refractivity contribution in [3.63, 3.8) is 0 Å². The van der Waals surface area contributed by atoms with Crippen molar-refractivity contribution in [2.45, 2.75) is 37.8 Å². The Labute approximate surface area is 156 Å². The minimum absolute atomic E-state index is 0.0877. The van der Waals surface area contributed by atoms with Crippen LogP contribution in [0.5, 0.6) is 0 Å². The summed E-state index contributed by atoms with van der Waals surface area (Å²) in [5.74, 6) is -0.441. The first-order valence-corrected chi connectivity index (χ1v) is 9.10. The molecule has 0 bridgehead atoms. The molecular weight excluding hydrogens is 346 g/mol. The van der Waals surface area contributed by atoms with E-state index in [1.165, 1.54) is 5.01 Å². The normalized spacial score (nSPS) is 22.6. The van der Waals surface area contributed by atoms with Gasteiger partial charge in [-0.15, -0.1) is 0 Å². The molecule has 1 aromatic carbocycles. The number of H-pyrrole nitrogens is 1. The average Bonchev–Trinajstić information content (AvgIpc) is 3.38. The van der Waals surface area contributed by atoms with Crippen LogP contribution in [0.2, 0.25) is 0 Å². The number of carboxylic acid groups (broad SMARTS) is 1. The van der Waals surface area contributed by atoms with E-state index in [1.54, 1.807) is 29.4 Å². The molecule has 8 nitrogen and oxygen atoms in total. The Kier molecular flexibility index (Phi) is 4.62. The Morgan fingerprint density at radius 2 is 2.00 bits per heavy atom. The van der Waals surface area contributed by atoms with E-state index in [9.17, 15) is 14.7 Å². The van der Waals surface area contributed by atoms with Crippen LogP contribution in [0.1, 0.15) is 37.5 Å². The van der Waals surface area contributed by atoms with Crippen molar-refractivity contribution in [3.8, 4) is 0 Å². The Morgan fingerprint density at radius 1 is 1.19 bits per heavy atom. The molecule has 4 rings (SSSR count). The van der Waals surface area contributed by atoms with E-state index < -0.39 is 12.0 Å². The molecule has 2 aromatic rings. The number of aromatic amines is 1. The van der Waals surface area contributed by atoms with Gasteiger partial charge in [0.15, 0.2) is 6.04 Å². The zero-order valence-electron chi connectivity index (χ0n) is 14.8. The number of likely N-dealkylation sites (tertiary alicyclic amines) is 1. The van der Waals surface area contributed by atoms with Crippen molar-refractivity contribution < 1.29 is 14.7 Å². The predicted octanol–water partition coefficient (Wildman–Crippen LogP) is 2.18.